The van der Waals surface area contributed by atoms with Crippen molar-refractivity contribution in [3.8, 4) is 0 Å². The number of hydrogen-bond donors (Lipinski definition) is 3. The van der Waals surface area contributed by atoms with Gasteiger partial charge in [-0.05, 0) is 43.9 Å². The Morgan fingerprint density at radius 1 is 1.26 bits per heavy atom. The van der Waals surface area contributed by atoms with Crippen LogP contribution < -0.4 is 10.6 Å². The summed E-state index contributed by atoms with van der Waals surface area (Å²) in [5, 5.41) is 18.9. The molecule has 0 unspecified atom stereocenters. The monoisotopic (exact) mass is 571 g/mol. The van der Waals surface area contributed by atoms with Gasteiger partial charge < -0.3 is 25.0 Å². The van der Waals surface area contributed by atoms with Crippen molar-refractivity contribution in [3.05, 3.63) is 52.4 Å². The summed E-state index contributed by atoms with van der Waals surface area (Å²) in [5.74, 6) is -0.933. The third-order valence-corrected chi connectivity index (χ3v) is 6.89. The number of carboxylic acid groups (broad SMARTS) is 1. The van der Waals surface area contributed by atoms with E-state index in [2.05, 4.69) is 42.3 Å². The third kappa shape index (κ3) is 7.61. The molecule has 15 heteroatoms. The van der Waals surface area contributed by atoms with Crippen molar-refractivity contribution >= 4 is 29.5 Å². The molecule has 0 spiro atoms. The number of anilines is 2. The fourth-order valence-electron chi connectivity index (χ4n) is 4.74. The molecular weight excluding hydrogens is 543 g/mol. The molecule has 0 radical (unpaired) electrons. The molecule has 2 saturated heterocycles. The van der Waals surface area contributed by atoms with Gasteiger partial charge in [-0.15, -0.1) is 5.10 Å². The van der Waals surface area contributed by atoms with Crippen molar-refractivity contribution in [1.82, 2.24) is 25.2 Å². The number of benzene rings is 1. The van der Waals surface area contributed by atoms with Gasteiger partial charge in [0.25, 0.3) is 0 Å². The van der Waals surface area contributed by atoms with E-state index in [0.717, 1.165) is 55.4 Å². The number of hydrogen-bond acceptors (Lipinski definition) is 9. The molecule has 212 valence electrons. The molecule has 5 rings (SSSR count). The second-order valence-electron chi connectivity index (χ2n) is 9.42. The molecular formula is C24H29ClF3N7O4. The number of nitrogens with two attached hydrogens (primary N) is 1. The highest BCUT2D eigenvalue weighted by atomic mass is 35.5. The first-order chi connectivity index (χ1) is 18.5. The number of H-pyrrole nitrogens is 1. The van der Waals surface area contributed by atoms with E-state index in [9.17, 15) is 13.2 Å². The molecule has 2 atom stereocenters. The highest BCUT2D eigenvalue weighted by Gasteiger charge is 2.39. The average molecular weight is 572 g/mol. The molecule has 2 fully saturated rings. The van der Waals surface area contributed by atoms with Crippen LogP contribution in [0, 0.1) is 6.92 Å². The normalized spacial score (nSPS) is 20.9. The van der Waals surface area contributed by atoms with Gasteiger partial charge in [-0.25, -0.2) is 9.89 Å². The molecule has 1 aromatic carbocycles. The molecule has 0 amide bonds. The molecule has 2 aliphatic heterocycles. The Morgan fingerprint density at radius 3 is 2.46 bits per heavy atom. The van der Waals surface area contributed by atoms with Gasteiger partial charge in [0, 0.05) is 42.8 Å². The van der Waals surface area contributed by atoms with Crippen LogP contribution in [0.5, 0.6) is 0 Å². The first kappa shape index (κ1) is 28.6. The minimum absolute atomic E-state index is 0.108. The number of nitrogen functional groups attached to an aromatic ring is 1. The van der Waals surface area contributed by atoms with Crippen LogP contribution in [0.3, 0.4) is 0 Å². The van der Waals surface area contributed by atoms with Crippen LogP contribution in [0.25, 0.3) is 0 Å². The zero-order chi connectivity index (χ0) is 28.2. The molecule has 2 aromatic heterocycles. The average Bonchev–Trinajstić information content (AvgIpc) is 3.54. The van der Waals surface area contributed by atoms with E-state index >= 15 is 0 Å². The van der Waals surface area contributed by atoms with Crippen LogP contribution in [-0.2, 0) is 16.0 Å². The van der Waals surface area contributed by atoms with Crippen LogP contribution in [0.1, 0.15) is 36.0 Å². The number of halogens is 4. The number of nitrogens with one attached hydrogen (secondary N) is 1. The van der Waals surface area contributed by atoms with Crippen molar-refractivity contribution in [2.75, 3.05) is 36.9 Å². The Balaban J connectivity index is 0.000000448. The second-order valence-corrected chi connectivity index (χ2v) is 9.85. The number of aromatic amines is 1. The van der Waals surface area contributed by atoms with Crippen molar-refractivity contribution in [2.45, 2.75) is 50.6 Å². The highest BCUT2D eigenvalue weighted by Crippen LogP contribution is 2.32. The molecule has 39 heavy (non-hydrogen) atoms. The minimum atomic E-state index is -5.08. The van der Waals surface area contributed by atoms with Crippen LogP contribution in [0.4, 0.5) is 25.1 Å². The fourth-order valence-corrected chi connectivity index (χ4v) is 4.87. The van der Waals surface area contributed by atoms with E-state index in [4.69, 9.17) is 36.5 Å². The summed E-state index contributed by atoms with van der Waals surface area (Å²) in [7, 11) is 0. The first-order valence-corrected chi connectivity index (χ1v) is 12.7. The van der Waals surface area contributed by atoms with Crippen molar-refractivity contribution < 1.29 is 32.3 Å². The molecule has 2 aliphatic rings. The molecule has 11 nitrogen and oxygen atoms in total. The van der Waals surface area contributed by atoms with Crippen molar-refractivity contribution in [3.63, 3.8) is 0 Å². The van der Waals surface area contributed by atoms with Crippen LogP contribution >= 0.6 is 11.6 Å². The molecule has 4 N–H and O–H groups in total. The number of carbonyl (C=O) groups is 1. The number of morpholine rings is 1. The summed E-state index contributed by atoms with van der Waals surface area (Å²) in [6.07, 6.45) is -2.23. The number of ether oxygens (including phenoxy) is 1. The maximum Gasteiger partial charge on any atom is 0.490 e. The summed E-state index contributed by atoms with van der Waals surface area (Å²) in [6.45, 7) is 5.14. The Labute approximate surface area is 227 Å². The van der Waals surface area contributed by atoms with E-state index in [-0.39, 0.29) is 12.1 Å². The lowest BCUT2D eigenvalue weighted by molar-refractivity contribution is -0.192. The van der Waals surface area contributed by atoms with E-state index in [1.165, 1.54) is 5.56 Å². The predicted molar refractivity (Wildman–Crippen MR) is 135 cm³/mol. The zero-order valence-electron chi connectivity index (χ0n) is 21.1. The number of aromatic nitrogens is 4. The number of carboxylic acids is 1. The summed E-state index contributed by atoms with van der Waals surface area (Å²) in [4.78, 5) is 18.0. The quantitative estimate of drug-likeness (QED) is 0.415. The summed E-state index contributed by atoms with van der Waals surface area (Å²) < 4.78 is 43.5. The van der Waals surface area contributed by atoms with Gasteiger partial charge in [-0.2, -0.15) is 18.2 Å². The smallest absolute Gasteiger partial charge is 0.475 e. The Bertz CT molecular complexity index is 1230. The van der Waals surface area contributed by atoms with Gasteiger partial charge in [-0.1, -0.05) is 28.9 Å². The van der Waals surface area contributed by atoms with Crippen molar-refractivity contribution in [2.24, 2.45) is 0 Å². The van der Waals surface area contributed by atoms with E-state index in [1.807, 2.05) is 25.1 Å². The predicted octanol–water partition coefficient (Wildman–Crippen LogP) is 3.62. The van der Waals surface area contributed by atoms with Gasteiger partial charge in [-0.3, -0.25) is 4.90 Å². The van der Waals surface area contributed by atoms with Gasteiger partial charge in [0.2, 0.25) is 11.9 Å². The standard InChI is InChI=1S/C22H28ClN7O2.C2HF3O2/c1-14-10-19(32-28-14)20-12-30(18(13-31-20)11-15-2-4-16(23)5-3-15)17-6-8-29(9-7-17)22-25-21(24)26-27-22;3-2(4,5)1(6)7/h2-5,10,17-18,20H,6-9,11-13H2,1H3,(H3,24,25,26,27);(H,6,7)/t18-,20+;/m0./s1. The number of aryl methyl sites for hydroxylation is 1. The lowest BCUT2D eigenvalue weighted by Gasteiger charge is -2.46. The number of piperidine rings is 1. The van der Waals surface area contributed by atoms with E-state index in [1.54, 1.807) is 0 Å². The molecule has 4 heterocycles. The molecule has 3 aromatic rings. The van der Waals surface area contributed by atoms with Crippen LogP contribution in [0.15, 0.2) is 34.9 Å². The fraction of sp³-hybridized carbons (Fsp3) is 0.500. The summed E-state index contributed by atoms with van der Waals surface area (Å²) in [5.41, 5.74) is 7.83. The largest absolute Gasteiger partial charge is 0.490 e. The maximum absolute atomic E-state index is 10.6. The molecule has 0 saturated carbocycles. The van der Waals surface area contributed by atoms with Crippen molar-refractivity contribution in [1.29, 1.82) is 0 Å². The molecule has 0 bridgehead atoms. The maximum atomic E-state index is 10.6. The Kier molecular flexibility index (Phi) is 8.97. The van der Waals surface area contributed by atoms with Gasteiger partial charge in [0.05, 0.1) is 12.3 Å². The first-order valence-electron chi connectivity index (χ1n) is 12.3. The number of rotatable bonds is 5. The molecule has 0 aliphatic carbocycles. The van der Waals surface area contributed by atoms with Gasteiger partial charge >= 0.3 is 12.1 Å². The van der Waals surface area contributed by atoms with E-state index < -0.39 is 12.1 Å². The van der Waals surface area contributed by atoms with E-state index in [0.29, 0.717) is 24.5 Å². The lowest BCUT2D eigenvalue weighted by Crippen LogP contribution is -2.55. The minimum Gasteiger partial charge on any atom is -0.475 e. The summed E-state index contributed by atoms with van der Waals surface area (Å²) >= 11 is 6.08. The third-order valence-electron chi connectivity index (χ3n) is 6.63. The Hall–Kier alpha value is -3.36. The van der Waals surface area contributed by atoms with Crippen LogP contribution in [0.2, 0.25) is 5.02 Å². The highest BCUT2D eigenvalue weighted by molar-refractivity contribution is 6.30. The van der Waals surface area contributed by atoms with Gasteiger partial charge in [0.1, 0.15) is 6.10 Å². The zero-order valence-corrected chi connectivity index (χ0v) is 21.8. The second kappa shape index (κ2) is 12.2. The SMILES string of the molecule is Cc1cc([C@H]2CN(C3CCN(c4n[nH]c(N)n4)CC3)[C@@H](Cc3ccc(Cl)cc3)CO2)on1.O=C(O)C(F)(F)F. The lowest BCUT2D eigenvalue weighted by atomic mass is 9.96. The number of alkyl halides is 3. The Morgan fingerprint density at radius 2 is 1.92 bits per heavy atom. The number of aliphatic carboxylic acids is 1. The topological polar surface area (TPSA) is 147 Å². The van der Waals surface area contributed by atoms with Crippen LogP contribution in [-0.4, -0.2) is 80.8 Å². The number of nitrogens with zero attached hydrogens (tertiary/aromatic N) is 5. The summed E-state index contributed by atoms with van der Waals surface area (Å²) in [6, 6.07) is 10.8. The van der Waals surface area contributed by atoms with Gasteiger partial charge in [0.15, 0.2) is 5.76 Å².